The molecule has 1 N–H and O–H groups in total. The number of carbonyl (C=O) groups is 1. The second-order valence-electron chi connectivity index (χ2n) is 8.05. The van der Waals surface area contributed by atoms with Gasteiger partial charge < -0.3 is 10.1 Å². The molecular formula is C24H32N2O2. The maximum absolute atomic E-state index is 12.8. The largest absolute Gasteiger partial charge is 0.496 e. The third-order valence-electron chi connectivity index (χ3n) is 5.52. The van der Waals surface area contributed by atoms with E-state index in [2.05, 4.69) is 48.3 Å². The topological polar surface area (TPSA) is 41.6 Å². The number of hydrogen-bond donors (Lipinski definition) is 1. The molecule has 1 saturated heterocycles. The molecule has 1 fully saturated rings. The van der Waals surface area contributed by atoms with Gasteiger partial charge in [-0.25, -0.2) is 0 Å². The van der Waals surface area contributed by atoms with Gasteiger partial charge in [0.1, 0.15) is 5.75 Å². The molecule has 3 rings (SSSR count). The van der Waals surface area contributed by atoms with Crippen LogP contribution in [0.5, 0.6) is 5.75 Å². The molecule has 4 heteroatoms. The Balaban J connectivity index is 1.62. The molecule has 28 heavy (non-hydrogen) atoms. The maximum Gasteiger partial charge on any atom is 0.251 e. The molecule has 2 aromatic carbocycles. The summed E-state index contributed by atoms with van der Waals surface area (Å²) in [4.78, 5) is 15.2. The molecule has 0 unspecified atom stereocenters. The molecule has 0 aromatic heterocycles. The third-order valence-corrected chi connectivity index (χ3v) is 5.52. The summed E-state index contributed by atoms with van der Waals surface area (Å²) in [6, 6.07) is 12.5. The van der Waals surface area contributed by atoms with Crippen LogP contribution in [0.1, 0.15) is 65.2 Å². The summed E-state index contributed by atoms with van der Waals surface area (Å²) in [5.74, 6) is 1.10. The van der Waals surface area contributed by atoms with E-state index in [9.17, 15) is 4.79 Å². The highest BCUT2D eigenvalue weighted by atomic mass is 16.5. The molecule has 4 nitrogen and oxygen atoms in total. The minimum atomic E-state index is -0.0387. The van der Waals surface area contributed by atoms with E-state index in [1.807, 2.05) is 19.1 Å². The van der Waals surface area contributed by atoms with Gasteiger partial charge in [-0.15, -0.1) is 0 Å². The average Bonchev–Trinajstić information content (AvgIpc) is 3.19. The Morgan fingerprint density at radius 1 is 1.11 bits per heavy atom. The van der Waals surface area contributed by atoms with Crippen molar-refractivity contribution < 1.29 is 9.53 Å². The van der Waals surface area contributed by atoms with Crippen LogP contribution in [0.15, 0.2) is 36.4 Å². The molecule has 0 bridgehead atoms. The molecule has 1 aliphatic rings. The Bertz CT molecular complexity index is 806. The molecule has 0 aliphatic carbocycles. The average molecular weight is 381 g/mol. The van der Waals surface area contributed by atoms with Gasteiger partial charge in [0.25, 0.3) is 5.91 Å². The first-order valence-electron chi connectivity index (χ1n) is 10.2. The van der Waals surface area contributed by atoms with Gasteiger partial charge in [0.2, 0.25) is 0 Å². The van der Waals surface area contributed by atoms with E-state index >= 15 is 0 Å². The van der Waals surface area contributed by atoms with Gasteiger partial charge in [0.15, 0.2) is 0 Å². The third kappa shape index (κ3) is 4.93. The molecular weight excluding hydrogens is 348 g/mol. The van der Waals surface area contributed by atoms with Crippen LogP contribution in [-0.2, 0) is 13.1 Å². The highest BCUT2D eigenvalue weighted by Crippen LogP contribution is 2.29. The van der Waals surface area contributed by atoms with Crippen LogP contribution in [0, 0.1) is 6.92 Å². The Labute approximate surface area is 168 Å². The van der Waals surface area contributed by atoms with Crippen LogP contribution in [0.2, 0.25) is 0 Å². The van der Waals surface area contributed by atoms with Crippen LogP contribution < -0.4 is 10.1 Å². The predicted molar refractivity (Wildman–Crippen MR) is 114 cm³/mol. The zero-order valence-electron chi connectivity index (χ0n) is 17.5. The fourth-order valence-corrected chi connectivity index (χ4v) is 3.81. The maximum atomic E-state index is 12.8. The van der Waals surface area contributed by atoms with Gasteiger partial charge in [-0.05, 0) is 73.2 Å². The van der Waals surface area contributed by atoms with Gasteiger partial charge in [0.05, 0.1) is 7.11 Å². The van der Waals surface area contributed by atoms with Crippen molar-refractivity contribution in [1.82, 2.24) is 10.2 Å². The number of ether oxygens (including phenoxy) is 1. The number of rotatable bonds is 7. The Morgan fingerprint density at radius 2 is 1.75 bits per heavy atom. The van der Waals surface area contributed by atoms with E-state index in [0.29, 0.717) is 12.5 Å². The number of nitrogens with one attached hydrogen (secondary N) is 1. The highest BCUT2D eigenvalue weighted by molar-refractivity contribution is 5.96. The standard InChI is InChI=1S/C24H32N2O2/c1-17(2)21-14-22(18(3)13-23(21)28-4)24(27)25-15-19-7-9-20(10-8-19)16-26-11-5-6-12-26/h7-10,13-14,17H,5-6,11-12,15-16H2,1-4H3,(H,25,27). The van der Waals surface area contributed by atoms with Crippen LogP contribution in [0.4, 0.5) is 0 Å². The van der Waals surface area contributed by atoms with Crippen LogP contribution in [0.3, 0.4) is 0 Å². The van der Waals surface area contributed by atoms with Crippen molar-refractivity contribution in [2.24, 2.45) is 0 Å². The van der Waals surface area contributed by atoms with E-state index in [4.69, 9.17) is 4.74 Å². The molecule has 0 saturated carbocycles. The number of likely N-dealkylation sites (tertiary alicyclic amines) is 1. The fraction of sp³-hybridized carbons (Fsp3) is 0.458. The lowest BCUT2D eigenvalue weighted by Crippen LogP contribution is -2.24. The zero-order valence-corrected chi connectivity index (χ0v) is 17.5. The van der Waals surface area contributed by atoms with Crippen LogP contribution in [0.25, 0.3) is 0 Å². The number of amides is 1. The summed E-state index contributed by atoms with van der Waals surface area (Å²) in [5, 5.41) is 3.06. The smallest absolute Gasteiger partial charge is 0.251 e. The summed E-state index contributed by atoms with van der Waals surface area (Å²) in [7, 11) is 1.67. The lowest BCUT2D eigenvalue weighted by Gasteiger charge is -2.16. The first-order valence-corrected chi connectivity index (χ1v) is 10.2. The van der Waals surface area contributed by atoms with Crippen molar-refractivity contribution in [1.29, 1.82) is 0 Å². The Hall–Kier alpha value is -2.33. The minimum Gasteiger partial charge on any atom is -0.496 e. The summed E-state index contributed by atoms with van der Waals surface area (Å²) in [5.41, 5.74) is 5.16. The van der Waals surface area contributed by atoms with Crippen molar-refractivity contribution in [3.8, 4) is 5.75 Å². The van der Waals surface area contributed by atoms with Gasteiger partial charge >= 0.3 is 0 Å². The Morgan fingerprint density at radius 3 is 2.36 bits per heavy atom. The monoisotopic (exact) mass is 380 g/mol. The van der Waals surface area contributed by atoms with E-state index in [-0.39, 0.29) is 5.91 Å². The summed E-state index contributed by atoms with van der Waals surface area (Å²) in [6.07, 6.45) is 2.63. The quantitative estimate of drug-likeness (QED) is 0.760. The summed E-state index contributed by atoms with van der Waals surface area (Å²) >= 11 is 0. The first kappa shape index (κ1) is 20.4. The van der Waals surface area contributed by atoms with Crippen molar-refractivity contribution in [2.45, 2.75) is 52.6 Å². The minimum absolute atomic E-state index is 0.0387. The summed E-state index contributed by atoms with van der Waals surface area (Å²) < 4.78 is 5.47. The predicted octanol–water partition coefficient (Wildman–Crippen LogP) is 4.65. The van der Waals surface area contributed by atoms with Gasteiger partial charge in [-0.3, -0.25) is 9.69 Å². The summed E-state index contributed by atoms with van der Waals surface area (Å²) in [6.45, 7) is 10.1. The molecule has 1 amide bonds. The molecule has 2 aromatic rings. The van der Waals surface area contributed by atoms with Crippen molar-refractivity contribution in [3.63, 3.8) is 0 Å². The molecule has 1 heterocycles. The second kappa shape index (κ2) is 9.24. The zero-order chi connectivity index (χ0) is 20.1. The van der Waals surface area contributed by atoms with Gasteiger partial charge in [-0.1, -0.05) is 38.1 Å². The highest BCUT2D eigenvalue weighted by Gasteiger charge is 2.16. The number of aryl methyl sites for hydroxylation is 1. The molecule has 0 spiro atoms. The second-order valence-corrected chi connectivity index (χ2v) is 8.05. The van der Waals surface area contributed by atoms with E-state index in [1.54, 1.807) is 7.11 Å². The van der Waals surface area contributed by atoms with E-state index in [1.165, 1.54) is 31.5 Å². The Kier molecular flexibility index (Phi) is 6.74. The molecule has 150 valence electrons. The van der Waals surface area contributed by atoms with Gasteiger partial charge in [-0.2, -0.15) is 0 Å². The lowest BCUT2D eigenvalue weighted by molar-refractivity contribution is 0.0950. The van der Waals surface area contributed by atoms with Gasteiger partial charge in [0, 0.05) is 18.7 Å². The van der Waals surface area contributed by atoms with Crippen LogP contribution in [-0.4, -0.2) is 31.0 Å². The van der Waals surface area contributed by atoms with Crippen LogP contribution >= 0.6 is 0 Å². The van der Waals surface area contributed by atoms with Crippen molar-refractivity contribution in [2.75, 3.05) is 20.2 Å². The normalized spacial score (nSPS) is 14.5. The molecule has 0 atom stereocenters. The van der Waals surface area contributed by atoms with Crippen molar-refractivity contribution >= 4 is 5.91 Å². The van der Waals surface area contributed by atoms with Crippen molar-refractivity contribution in [3.05, 3.63) is 64.2 Å². The van der Waals surface area contributed by atoms with E-state index < -0.39 is 0 Å². The number of carbonyl (C=O) groups excluding carboxylic acids is 1. The lowest BCUT2D eigenvalue weighted by atomic mass is 9.96. The number of nitrogens with zero attached hydrogens (tertiary/aromatic N) is 1. The SMILES string of the molecule is COc1cc(C)c(C(=O)NCc2ccc(CN3CCCC3)cc2)cc1C(C)C. The fourth-order valence-electron chi connectivity index (χ4n) is 3.81. The van der Waals surface area contributed by atoms with E-state index in [0.717, 1.165) is 34.5 Å². The molecule has 1 aliphatic heterocycles. The molecule has 0 radical (unpaired) electrons. The number of methoxy groups -OCH3 is 1. The first-order chi connectivity index (χ1) is 13.5. The number of hydrogen-bond acceptors (Lipinski definition) is 3. The number of benzene rings is 2.